The molecular formula is C12H21N3O2S2. The van der Waals surface area contributed by atoms with Gasteiger partial charge in [-0.3, -0.25) is 0 Å². The number of rotatable bonds is 6. The molecule has 0 spiro atoms. The van der Waals surface area contributed by atoms with Gasteiger partial charge in [0.2, 0.25) is 0 Å². The van der Waals surface area contributed by atoms with Gasteiger partial charge in [0.1, 0.15) is 5.82 Å². The van der Waals surface area contributed by atoms with Gasteiger partial charge in [0.05, 0.1) is 6.20 Å². The van der Waals surface area contributed by atoms with Crippen LogP contribution in [0.4, 0.5) is 0 Å². The van der Waals surface area contributed by atoms with Crippen LogP contribution in [0.1, 0.15) is 38.4 Å². The molecule has 1 fully saturated rings. The Bertz CT molecular complexity index is 519. The maximum Gasteiger partial charge on any atom is 0.257 e. The first-order valence-electron chi connectivity index (χ1n) is 6.60. The van der Waals surface area contributed by atoms with Crippen molar-refractivity contribution in [1.82, 2.24) is 14.7 Å². The first kappa shape index (κ1) is 14.9. The lowest BCUT2D eigenvalue weighted by molar-refractivity contribution is 0.549. The van der Waals surface area contributed by atoms with E-state index in [9.17, 15) is 8.42 Å². The lowest BCUT2D eigenvalue weighted by atomic mass is 10.1. The highest BCUT2D eigenvalue weighted by molar-refractivity contribution is 8.00. The molecule has 0 saturated heterocycles. The van der Waals surface area contributed by atoms with E-state index in [0.717, 1.165) is 12.8 Å². The van der Waals surface area contributed by atoms with Crippen molar-refractivity contribution in [3.8, 4) is 0 Å². The second-order valence-corrected chi connectivity index (χ2v) is 7.98. The number of nitrogens with zero attached hydrogens (tertiary/aromatic N) is 1. The van der Waals surface area contributed by atoms with Crippen molar-refractivity contribution >= 4 is 21.8 Å². The van der Waals surface area contributed by atoms with Crippen LogP contribution in [0.3, 0.4) is 0 Å². The number of hydrogen-bond donors (Lipinski definition) is 2. The lowest BCUT2D eigenvalue weighted by Crippen LogP contribution is -2.38. The predicted octanol–water partition coefficient (Wildman–Crippen LogP) is 1.93. The van der Waals surface area contributed by atoms with Crippen molar-refractivity contribution in [3.05, 3.63) is 12.0 Å². The maximum atomic E-state index is 12.2. The standard InChI is InChI=1S/C12H21N3O2S2/c1-3-10-13-8-11(15-10)19(16,17)14-9-12(18-2)6-4-5-7-12/h8,14H,3-7,9H2,1-2H3,(H,13,15). The Morgan fingerprint density at radius 3 is 2.68 bits per heavy atom. The maximum absolute atomic E-state index is 12.2. The number of H-pyrrole nitrogens is 1. The second-order valence-electron chi connectivity index (χ2n) is 4.97. The lowest BCUT2D eigenvalue weighted by Gasteiger charge is -2.26. The number of hydrogen-bond acceptors (Lipinski definition) is 4. The monoisotopic (exact) mass is 303 g/mol. The SMILES string of the molecule is CCc1ncc(S(=O)(=O)NCC2(SC)CCCC2)[nH]1. The fraction of sp³-hybridized carbons (Fsp3) is 0.750. The van der Waals surface area contributed by atoms with Crippen LogP contribution < -0.4 is 4.72 Å². The summed E-state index contributed by atoms with van der Waals surface area (Å²) >= 11 is 1.77. The summed E-state index contributed by atoms with van der Waals surface area (Å²) in [7, 11) is -3.47. The molecule has 2 N–H and O–H groups in total. The number of nitrogens with one attached hydrogen (secondary N) is 2. The van der Waals surface area contributed by atoms with E-state index in [-0.39, 0.29) is 9.77 Å². The van der Waals surface area contributed by atoms with E-state index in [4.69, 9.17) is 0 Å². The predicted molar refractivity (Wildman–Crippen MR) is 77.9 cm³/mol. The van der Waals surface area contributed by atoms with E-state index in [0.29, 0.717) is 18.8 Å². The molecule has 0 amide bonds. The molecule has 0 radical (unpaired) electrons. The van der Waals surface area contributed by atoms with E-state index in [1.165, 1.54) is 19.0 Å². The number of imidazole rings is 1. The second kappa shape index (κ2) is 5.85. The molecule has 1 heterocycles. The molecule has 1 aromatic rings. The average Bonchev–Trinajstić information content (AvgIpc) is 3.06. The zero-order chi connectivity index (χ0) is 13.9. The van der Waals surface area contributed by atoms with Gasteiger partial charge in [-0.15, -0.1) is 0 Å². The van der Waals surface area contributed by atoms with Crippen LogP contribution in [0.15, 0.2) is 11.2 Å². The molecule has 5 nitrogen and oxygen atoms in total. The minimum atomic E-state index is -3.47. The van der Waals surface area contributed by atoms with Crippen LogP contribution in [0.5, 0.6) is 0 Å². The van der Waals surface area contributed by atoms with Crippen LogP contribution in [0.2, 0.25) is 0 Å². The van der Waals surface area contributed by atoms with E-state index in [1.54, 1.807) is 11.8 Å². The van der Waals surface area contributed by atoms with Crippen LogP contribution >= 0.6 is 11.8 Å². The van der Waals surface area contributed by atoms with Crippen molar-refractivity contribution in [2.24, 2.45) is 0 Å². The van der Waals surface area contributed by atoms with Gasteiger partial charge in [0.25, 0.3) is 10.0 Å². The van der Waals surface area contributed by atoms with E-state index in [1.807, 2.05) is 6.92 Å². The van der Waals surface area contributed by atoms with Gasteiger partial charge >= 0.3 is 0 Å². The Balaban J connectivity index is 2.05. The molecule has 1 saturated carbocycles. The summed E-state index contributed by atoms with van der Waals surface area (Å²) in [5, 5.41) is 0.165. The minimum absolute atomic E-state index is 0.0701. The van der Waals surface area contributed by atoms with Gasteiger partial charge in [0.15, 0.2) is 5.03 Å². The first-order chi connectivity index (χ1) is 9.01. The largest absolute Gasteiger partial charge is 0.332 e. The molecule has 0 bridgehead atoms. The highest BCUT2D eigenvalue weighted by Crippen LogP contribution is 2.39. The summed E-state index contributed by atoms with van der Waals surface area (Å²) in [5.41, 5.74) is 0. The Hall–Kier alpha value is -0.530. The van der Waals surface area contributed by atoms with Crippen molar-refractivity contribution in [2.75, 3.05) is 12.8 Å². The van der Waals surface area contributed by atoms with Crippen LogP contribution in [0, 0.1) is 0 Å². The van der Waals surface area contributed by atoms with Crippen molar-refractivity contribution in [2.45, 2.75) is 48.8 Å². The highest BCUT2D eigenvalue weighted by Gasteiger charge is 2.34. The number of sulfonamides is 1. The molecular weight excluding hydrogens is 282 g/mol. The van der Waals surface area contributed by atoms with Crippen LogP contribution in [-0.2, 0) is 16.4 Å². The summed E-state index contributed by atoms with van der Waals surface area (Å²) in [5.74, 6) is 0.695. The third-order valence-electron chi connectivity index (χ3n) is 3.76. The molecule has 1 aromatic heterocycles. The minimum Gasteiger partial charge on any atom is -0.332 e. The molecule has 1 aliphatic rings. The fourth-order valence-corrected chi connectivity index (χ4v) is 4.51. The molecule has 0 atom stereocenters. The summed E-state index contributed by atoms with van der Waals surface area (Å²) in [6, 6.07) is 0. The van der Waals surface area contributed by atoms with Crippen LogP contribution in [0.25, 0.3) is 0 Å². The molecule has 1 aliphatic carbocycles. The summed E-state index contributed by atoms with van der Waals surface area (Å²) in [6.07, 6.45) is 8.69. The Morgan fingerprint density at radius 2 is 2.16 bits per heavy atom. The van der Waals surface area contributed by atoms with E-state index < -0.39 is 10.0 Å². The summed E-state index contributed by atoms with van der Waals surface area (Å²) in [4.78, 5) is 6.88. The third kappa shape index (κ3) is 3.32. The van der Waals surface area contributed by atoms with Gasteiger partial charge < -0.3 is 4.98 Å². The number of aryl methyl sites for hydroxylation is 1. The van der Waals surface area contributed by atoms with Gasteiger partial charge in [-0.2, -0.15) is 11.8 Å². The van der Waals surface area contributed by atoms with Gasteiger partial charge in [0, 0.05) is 17.7 Å². The van der Waals surface area contributed by atoms with Gasteiger partial charge in [-0.1, -0.05) is 19.8 Å². The third-order valence-corrected chi connectivity index (χ3v) is 6.49. The highest BCUT2D eigenvalue weighted by atomic mass is 32.2. The zero-order valence-electron chi connectivity index (χ0n) is 11.4. The first-order valence-corrected chi connectivity index (χ1v) is 9.31. The molecule has 0 aromatic carbocycles. The molecule has 19 heavy (non-hydrogen) atoms. The quantitative estimate of drug-likeness (QED) is 0.842. The summed E-state index contributed by atoms with van der Waals surface area (Å²) < 4.78 is 27.2. The van der Waals surface area contributed by atoms with Gasteiger partial charge in [-0.25, -0.2) is 18.1 Å². The fourth-order valence-electron chi connectivity index (χ4n) is 2.44. The van der Waals surface area contributed by atoms with Crippen molar-refractivity contribution in [1.29, 1.82) is 0 Å². The Kier molecular flexibility index (Phi) is 4.58. The smallest absolute Gasteiger partial charge is 0.257 e. The van der Waals surface area contributed by atoms with Crippen molar-refractivity contribution < 1.29 is 8.42 Å². The molecule has 0 aliphatic heterocycles. The van der Waals surface area contributed by atoms with Crippen LogP contribution in [-0.4, -0.2) is 35.9 Å². The summed E-state index contributed by atoms with van der Waals surface area (Å²) in [6.45, 7) is 2.43. The van der Waals surface area contributed by atoms with Crippen molar-refractivity contribution in [3.63, 3.8) is 0 Å². The molecule has 7 heteroatoms. The Morgan fingerprint density at radius 1 is 1.47 bits per heavy atom. The number of aromatic amines is 1. The molecule has 108 valence electrons. The normalized spacial score (nSPS) is 18.8. The molecule has 0 unspecified atom stereocenters. The molecule has 2 rings (SSSR count). The van der Waals surface area contributed by atoms with E-state index >= 15 is 0 Å². The van der Waals surface area contributed by atoms with Gasteiger partial charge in [-0.05, 0) is 19.1 Å². The average molecular weight is 303 g/mol. The number of thioether (sulfide) groups is 1. The number of aromatic nitrogens is 2. The Labute approximate surface area is 119 Å². The zero-order valence-corrected chi connectivity index (χ0v) is 13.0. The van der Waals surface area contributed by atoms with E-state index in [2.05, 4.69) is 20.9 Å². The topological polar surface area (TPSA) is 74.8 Å².